The van der Waals surface area contributed by atoms with Crippen molar-refractivity contribution >= 4 is 64.0 Å². The van der Waals surface area contributed by atoms with Gasteiger partial charge in [-0.1, -0.05) is 58.0 Å². The molecule has 0 fully saturated rings. The van der Waals surface area contributed by atoms with Crippen LogP contribution in [0.4, 0.5) is 0 Å². The second kappa shape index (κ2) is 4.06. The topological polar surface area (TPSA) is 37.3 Å². The molecule has 0 aliphatic carbocycles. The molecule has 0 unspecified atom stereocenters. The minimum Gasteiger partial charge on any atom is -0.479 e. The third-order valence-electron chi connectivity index (χ3n) is 0.710. The molecule has 0 amide bonds. The zero-order valence-electron chi connectivity index (χ0n) is 4.75. The number of carbonyl (C=O) groups is 1. The van der Waals surface area contributed by atoms with Crippen LogP contribution in [0.2, 0.25) is 0 Å². The molecule has 0 aliphatic heterocycles. The summed E-state index contributed by atoms with van der Waals surface area (Å²) in [4.78, 5) is 10.3. The Morgan fingerprint density at radius 1 is 1.18 bits per heavy atom. The van der Waals surface area contributed by atoms with Gasteiger partial charge in [0.1, 0.15) is 4.49 Å². The van der Waals surface area contributed by atoms with Crippen molar-refractivity contribution < 1.29 is 9.90 Å². The summed E-state index contributed by atoms with van der Waals surface area (Å²) in [7, 11) is 0. The van der Waals surface area contributed by atoms with Crippen LogP contribution in [0, 0.1) is 0 Å². The molecule has 0 saturated carbocycles. The summed E-state index contributed by atoms with van der Waals surface area (Å²) in [6.45, 7) is 0. The number of aliphatic carboxylic acids is 1. The zero-order valence-corrected chi connectivity index (χ0v) is 8.52. The summed E-state index contributed by atoms with van der Waals surface area (Å²) in [5.41, 5.74) is 0. The molecule has 0 spiro atoms. The highest BCUT2D eigenvalue weighted by Crippen LogP contribution is 2.37. The van der Waals surface area contributed by atoms with Crippen LogP contribution in [0.3, 0.4) is 0 Å². The van der Waals surface area contributed by atoms with E-state index in [1.807, 2.05) is 0 Å². The molecule has 2 nitrogen and oxygen atoms in total. The lowest BCUT2D eigenvalue weighted by Crippen LogP contribution is -2.26. The molecule has 0 aliphatic rings. The molecule has 0 radical (unpaired) electrons. The Morgan fingerprint density at radius 2 is 1.55 bits per heavy atom. The summed E-state index contributed by atoms with van der Waals surface area (Å²) in [6.07, 6.45) is 0. The number of rotatable bonds is 2. The number of hydrogen-bond donors (Lipinski definition) is 1. The van der Waals surface area contributed by atoms with Crippen LogP contribution in [0.25, 0.3) is 0 Å². The lowest BCUT2D eigenvalue weighted by molar-refractivity contribution is -0.136. The van der Waals surface area contributed by atoms with Crippen LogP contribution < -0.4 is 0 Å². The van der Waals surface area contributed by atoms with E-state index >= 15 is 0 Å². The van der Waals surface area contributed by atoms with Crippen molar-refractivity contribution in [1.29, 1.82) is 0 Å². The van der Waals surface area contributed by atoms with Crippen molar-refractivity contribution in [3.05, 3.63) is 9.52 Å². The van der Waals surface area contributed by atoms with Gasteiger partial charge < -0.3 is 5.11 Å². The van der Waals surface area contributed by atoms with Crippen molar-refractivity contribution in [2.45, 2.75) is 4.33 Å². The van der Waals surface area contributed by atoms with E-state index in [0.717, 1.165) is 0 Å². The fourth-order valence-electron chi connectivity index (χ4n) is 0.213. The molecule has 64 valence electrons. The van der Waals surface area contributed by atoms with E-state index in [1.165, 1.54) is 0 Å². The van der Waals surface area contributed by atoms with Gasteiger partial charge in [-0.3, -0.25) is 0 Å². The molecule has 0 aromatic rings. The summed E-state index contributed by atoms with van der Waals surface area (Å²) in [5, 5.41) is 7.83. The Labute approximate surface area is 87.6 Å². The predicted octanol–water partition coefficient (Wildman–Crippen LogP) is 3.13. The van der Waals surface area contributed by atoms with Crippen LogP contribution in [-0.2, 0) is 4.79 Å². The van der Waals surface area contributed by atoms with Crippen LogP contribution in [0.1, 0.15) is 0 Å². The number of carboxylic acid groups (broad SMARTS) is 1. The van der Waals surface area contributed by atoms with E-state index in [2.05, 4.69) is 0 Å². The summed E-state index contributed by atoms with van der Waals surface area (Å²) in [6, 6.07) is 0. The highest BCUT2D eigenvalue weighted by Gasteiger charge is 2.39. The summed E-state index contributed by atoms with van der Waals surface area (Å²) in [5.74, 6) is -1.54. The molecule has 0 heterocycles. The molecule has 0 atom stereocenters. The maximum atomic E-state index is 10.3. The van der Waals surface area contributed by atoms with Gasteiger partial charge in [0, 0.05) is 0 Å². The zero-order chi connectivity index (χ0) is 9.23. The molecular formula is C4HCl5O2. The van der Waals surface area contributed by atoms with Crippen LogP contribution in [-0.4, -0.2) is 15.4 Å². The van der Waals surface area contributed by atoms with E-state index in [1.54, 1.807) is 0 Å². The van der Waals surface area contributed by atoms with E-state index in [0.29, 0.717) is 0 Å². The quantitative estimate of drug-likeness (QED) is 0.773. The first-order valence-electron chi connectivity index (χ1n) is 2.12. The largest absolute Gasteiger partial charge is 0.479 e. The molecule has 0 bridgehead atoms. The third-order valence-corrected chi connectivity index (χ3v) is 2.65. The SMILES string of the molecule is O=C(O)C(Cl)(Cl)C(Cl)=C(Cl)Cl. The van der Waals surface area contributed by atoms with Crippen molar-refractivity contribution in [3.8, 4) is 0 Å². The van der Waals surface area contributed by atoms with Crippen molar-refractivity contribution in [3.63, 3.8) is 0 Å². The van der Waals surface area contributed by atoms with E-state index in [9.17, 15) is 4.79 Å². The molecule has 7 heteroatoms. The normalized spacial score (nSPS) is 11.0. The monoisotopic (exact) mass is 256 g/mol. The minimum absolute atomic E-state index is 0.473. The average Bonchev–Trinajstić information content (AvgIpc) is 1.85. The Kier molecular flexibility index (Phi) is 4.30. The van der Waals surface area contributed by atoms with Crippen molar-refractivity contribution in [2.75, 3.05) is 0 Å². The molecule has 0 aromatic carbocycles. The lowest BCUT2D eigenvalue weighted by Gasteiger charge is -2.12. The molecule has 0 rings (SSSR count). The second-order valence-corrected chi connectivity index (χ2v) is 4.11. The smallest absolute Gasteiger partial charge is 0.345 e. The first-order valence-corrected chi connectivity index (χ1v) is 4.01. The fourth-order valence-corrected chi connectivity index (χ4v) is 0.959. The predicted molar refractivity (Wildman–Crippen MR) is 46.7 cm³/mol. The van der Waals surface area contributed by atoms with Crippen LogP contribution in [0.15, 0.2) is 9.52 Å². The van der Waals surface area contributed by atoms with Gasteiger partial charge >= 0.3 is 5.97 Å². The summed E-state index contributed by atoms with van der Waals surface area (Å²) < 4.78 is -2.75. The minimum atomic E-state index is -2.28. The Hall–Kier alpha value is 0.660. The van der Waals surface area contributed by atoms with Gasteiger partial charge in [0.15, 0.2) is 0 Å². The highest BCUT2D eigenvalue weighted by molar-refractivity contribution is 6.68. The highest BCUT2D eigenvalue weighted by atomic mass is 35.5. The second-order valence-electron chi connectivity index (χ2n) is 1.45. The van der Waals surface area contributed by atoms with E-state index in [4.69, 9.17) is 63.1 Å². The van der Waals surface area contributed by atoms with Crippen LogP contribution >= 0.6 is 58.0 Å². The summed E-state index contributed by atoms with van der Waals surface area (Å²) >= 11 is 26.0. The molecular weight excluding hydrogens is 257 g/mol. The van der Waals surface area contributed by atoms with E-state index in [-0.39, 0.29) is 0 Å². The maximum absolute atomic E-state index is 10.3. The average molecular weight is 258 g/mol. The Morgan fingerprint density at radius 3 is 1.64 bits per heavy atom. The fraction of sp³-hybridized carbons (Fsp3) is 0.250. The number of hydrogen-bond acceptors (Lipinski definition) is 1. The van der Waals surface area contributed by atoms with Gasteiger partial charge in [0.05, 0.1) is 5.03 Å². The van der Waals surface area contributed by atoms with E-state index < -0.39 is 19.8 Å². The molecule has 0 saturated heterocycles. The van der Waals surface area contributed by atoms with Crippen molar-refractivity contribution in [1.82, 2.24) is 0 Å². The van der Waals surface area contributed by atoms with Gasteiger partial charge in [-0.15, -0.1) is 0 Å². The Bertz CT molecular complexity index is 205. The standard InChI is InChI=1S/C4HCl5O2/c5-1(2(6)7)4(8,9)3(10)11/h(H,10,11). The van der Waals surface area contributed by atoms with Crippen LogP contribution in [0.5, 0.6) is 0 Å². The third kappa shape index (κ3) is 2.88. The number of halogens is 5. The Balaban J connectivity index is 4.86. The molecule has 1 N–H and O–H groups in total. The van der Waals surface area contributed by atoms with Gasteiger partial charge in [-0.25, -0.2) is 4.79 Å². The van der Waals surface area contributed by atoms with Gasteiger partial charge in [0.2, 0.25) is 0 Å². The molecule has 11 heavy (non-hydrogen) atoms. The van der Waals surface area contributed by atoms with Crippen molar-refractivity contribution in [2.24, 2.45) is 0 Å². The van der Waals surface area contributed by atoms with Gasteiger partial charge in [-0.2, -0.15) is 0 Å². The van der Waals surface area contributed by atoms with Gasteiger partial charge in [-0.05, 0) is 0 Å². The number of alkyl halides is 2. The van der Waals surface area contributed by atoms with Gasteiger partial charge in [0.25, 0.3) is 4.33 Å². The molecule has 0 aromatic heterocycles. The lowest BCUT2D eigenvalue weighted by atomic mass is 10.4. The first-order chi connectivity index (χ1) is 4.80. The maximum Gasteiger partial charge on any atom is 0.345 e. The first kappa shape index (κ1) is 11.7. The number of carboxylic acids is 1.